The van der Waals surface area contributed by atoms with Crippen LogP contribution in [0, 0.1) is 17.3 Å². The molecule has 88 valence electrons. The van der Waals surface area contributed by atoms with Gasteiger partial charge in [0, 0.05) is 30.0 Å². The largest absolute Gasteiger partial charge is 0.377 e. The second kappa shape index (κ2) is 3.74. The molecule has 0 aromatic rings. The zero-order chi connectivity index (χ0) is 11.2. The van der Waals surface area contributed by atoms with Crippen LogP contribution in [0.2, 0.25) is 0 Å². The molecule has 1 aliphatic carbocycles. The van der Waals surface area contributed by atoms with Gasteiger partial charge in [-0.05, 0) is 19.3 Å². The first-order valence-corrected chi connectivity index (χ1v) is 6.32. The lowest BCUT2D eigenvalue weighted by atomic mass is 9.57. The first kappa shape index (κ1) is 11.4. The first-order chi connectivity index (χ1) is 6.94. The van der Waals surface area contributed by atoms with Crippen LogP contribution < -0.4 is 5.32 Å². The van der Waals surface area contributed by atoms with Gasteiger partial charge < -0.3 is 10.1 Å². The highest BCUT2D eigenvalue weighted by Gasteiger charge is 2.59. The van der Waals surface area contributed by atoms with E-state index in [1.54, 1.807) is 0 Å². The molecule has 2 heteroatoms. The maximum Gasteiger partial charge on any atom is 0.0685 e. The number of fused-ring (bicyclic) bond motifs is 1. The predicted octanol–water partition coefficient (Wildman–Crippen LogP) is 2.43. The standard InChI is InChI=1S/C13H25NO/c1-8(2)9(3)14-11-10-6-7-15-12(10)13(11,4)5/h8-12,14H,6-7H2,1-5H3. The van der Waals surface area contributed by atoms with E-state index in [1.807, 2.05) is 0 Å². The van der Waals surface area contributed by atoms with Crippen molar-refractivity contribution in [2.45, 2.75) is 59.2 Å². The van der Waals surface area contributed by atoms with E-state index in [0.717, 1.165) is 12.5 Å². The topological polar surface area (TPSA) is 21.3 Å². The van der Waals surface area contributed by atoms with Crippen LogP contribution in [0.5, 0.6) is 0 Å². The summed E-state index contributed by atoms with van der Waals surface area (Å²) in [6.45, 7) is 12.5. The Balaban J connectivity index is 1.98. The fraction of sp³-hybridized carbons (Fsp3) is 1.00. The molecule has 2 nitrogen and oxygen atoms in total. The minimum Gasteiger partial charge on any atom is -0.377 e. The Labute approximate surface area is 93.8 Å². The average Bonchev–Trinajstić information content (AvgIpc) is 2.59. The Morgan fingerprint density at radius 1 is 1.27 bits per heavy atom. The molecule has 15 heavy (non-hydrogen) atoms. The minimum atomic E-state index is 0.324. The molecular formula is C13H25NO. The summed E-state index contributed by atoms with van der Waals surface area (Å²) in [5, 5.41) is 3.80. The average molecular weight is 211 g/mol. The van der Waals surface area contributed by atoms with Crippen LogP contribution in [0.1, 0.15) is 41.0 Å². The fourth-order valence-electron chi connectivity index (χ4n) is 3.14. The van der Waals surface area contributed by atoms with Crippen molar-refractivity contribution in [3.05, 3.63) is 0 Å². The number of ether oxygens (including phenoxy) is 1. The summed E-state index contributed by atoms with van der Waals surface area (Å²) in [6, 6.07) is 1.26. The maximum absolute atomic E-state index is 5.80. The predicted molar refractivity (Wildman–Crippen MR) is 62.9 cm³/mol. The van der Waals surface area contributed by atoms with Crippen molar-refractivity contribution in [3.63, 3.8) is 0 Å². The molecule has 0 amide bonds. The van der Waals surface area contributed by atoms with Gasteiger partial charge in [-0.25, -0.2) is 0 Å². The Morgan fingerprint density at radius 3 is 2.53 bits per heavy atom. The van der Waals surface area contributed by atoms with Crippen molar-refractivity contribution in [2.75, 3.05) is 6.61 Å². The Bertz CT molecular complexity index is 237. The van der Waals surface area contributed by atoms with E-state index in [1.165, 1.54) is 6.42 Å². The van der Waals surface area contributed by atoms with E-state index >= 15 is 0 Å². The molecule has 2 aliphatic rings. The van der Waals surface area contributed by atoms with Gasteiger partial charge in [-0.3, -0.25) is 0 Å². The van der Waals surface area contributed by atoms with Crippen LogP contribution in [0.3, 0.4) is 0 Å². The van der Waals surface area contributed by atoms with Crippen molar-refractivity contribution in [1.82, 2.24) is 5.32 Å². The second-order valence-corrected chi connectivity index (χ2v) is 6.24. The molecule has 0 aromatic carbocycles. The number of hydrogen-bond acceptors (Lipinski definition) is 2. The molecular weight excluding hydrogens is 186 g/mol. The number of rotatable bonds is 3. The van der Waals surface area contributed by atoms with Crippen LogP contribution in [0.25, 0.3) is 0 Å². The summed E-state index contributed by atoms with van der Waals surface area (Å²) < 4.78 is 5.80. The molecule has 1 heterocycles. The lowest BCUT2D eigenvalue weighted by Gasteiger charge is -2.56. The Kier molecular flexibility index (Phi) is 2.85. The SMILES string of the molecule is CC(C)C(C)NC1C2CCOC2C1(C)C. The van der Waals surface area contributed by atoms with Gasteiger partial charge in [-0.15, -0.1) is 0 Å². The molecule has 0 bridgehead atoms. The van der Waals surface area contributed by atoms with Crippen molar-refractivity contribution >= 4 is 0 Å². The smallest absolute Gasteiger partial charge is 0.0685 e. The molecule has 1 saturated carbocycles. The van der Waals surface area contributed by atoms with Gasteiger partial charge in [0.05, 0.1) is 6.10 Å². The number of nitrogens with one attached hydrogen (secondary N) is 1. The number of hydrogen-bond donors (Lipinski definition) is 1. The van der Waals surface area contributed by atoms with Crippen molar-refractivity contribution < 1.29 is 4.74 Å². The monoisotopic (exact) mass is 211 g/mol. The third kappa shape index (κ3) is 1.72. The lowest BCUT2D eigenvalue weighted by Crippen LogP contribution is -2.67. The maximum atomic E-state index is 5.80. The van der Waals surface area contributed by atoms with E-state index in [0.29, 0.717) is 29.5 Å². The van der Waals surface area contributed by atoms with Crippen molar-refractivity contribution in [2.24, 2.45) is 17.3 Å². The van der Waals surface area contributed by atoms with Gasteiger partial charge in [0.1, 0.15) is 0 Å². The highest BCUT2D eigenvalue weighted by molar-refractivity contribution is 5.11. The fourth-order valence-corrected chi connectivity index (χ4v) is 3.14. The highest BCUT2D eigenvalue weighted by Crippen LogP contribution is 2.52. The van der Waals surface area contributed by atoms with Crippen LogP contribution in [0.4, 0.5) is 0 Å². The molecule has 0 aromatic heterocycles. The molecule has 1 saturated heterocycles. The Hall–Kier alpha value is -0.0800. The third-order valence-corrected chi connectivity index (χ3v) is 4.54. The first-order valence-electron chi connectivity index (χ1n) is 6.32. The minimum absolute atomic E-state index is 0.324. The molecule has 0 radical (unpaired) electrons. The Morgan fingerprint density at radius 2 is 1.93 bits per heavy atom. The summed E-state index contributed by atoms with van der Waals surface area (Å²) in [5.74, 6) is 1.48. The summed E-state index contributed by atoms with van der Waals surface area (Å²) in [4.78, 5) is 0. The third-order valence-electron chi connectivity index (χ3n) is 4.54. The van der Waals surface area contributed by atoms with Crippen LogP contribution in [-0.4, -0.2) is 24.8 Å². The van der Waals surface area contributed by atoms with Crippen molar-refractivity contribution in [3.8, 4) is 0 Å². The molecule has 2 rings (SSSR count). The zero-order valence-corrected chi connectivity index (χ0v) is 10.7. The van der Waals surface area contributed by atoms with Crippen molar-refractivity contribution in [1.29, 1.82) is 0 Å². The van der Waals surface area contributed by atoms with E-state index < -0.39 is 0 Å². The van der Waals surface area contributed by atoms with Gasteiger partial charge in [0.25, 0.3) is 0 Å². The molecule has 1 aliphatic heterocycles. The normalized spacial score (nSPS) is 40.0. The molecule has 0 spiro atoms. The van der Waals surface area contributed by atoms with Gasteiger partial charge in [0.2, 0.25) is 0 Å². The summed E-state index contributed by atoms with van der Waals surface area (Å²) in [6.07, 6.45) is 1.76. The molecule has 4 atom stereocenters. The van der Waals surface area contributed by atoms with Gasteiger partial charge in [-0.1, -0.05) is 27.7 Å². The van der Waals surface area contributed by atoms with E-state index in [2.05, 4.69) is 39.9 Å². The van der Waals surface area contributed by atoms with E-state index in [9.17, 15) is 0 Å². The lowest BCUT2D eigenvalue weighted by molar-refractivity contribution is -0.116. The molecule has 1 N–H and O–H groups in total. The molecule has 2 fully saturated rings. The van der Waals surface area contributed by atoms with Gasteiger partial charge in [-0.2, -0.15) is 0 Å². The van der Waals surface area contributed by atoms with Gasteiger partial charge in [0.15, 0.2) is 0 Å². The summed E-state index contributed by atoms with van der Waals surface area (Å²) >= 11 is 0. The summed E-state index contributed by atoms with van der Waals surface area (Å²) in [7, 11) is 0. The van der Waals surface area contributed by atoms with Crippen LogP contribution >= 0.6 is 0 Å². The zero-order valence-electron chi connectivity index (χ0n) is 10.7. The second-order valence-electron chi connectivity index (χ2n) is 6.24. The van der Waals surface area contributed by atoms with E-state index in [4.69, 9.17) is 4.74 Å². The summed E-state index contributed by atoms with van der Waals surface area (Å²) in [5.41, 5.74) is 0.324. The highest BCUT2D eigenvalue weighted by atomic mass is 16.5. The van der Waals surface area contributed by atoms with E-state index in [-0.39, 0.29) is 0 Å². The van der Waals surface area contributed by atoms with Crippen LogP contribution in [0.15, 0.2) is 0 Å². The van der Waals surface area contributed by atoms with Crippen LogP contribution in [-0.2, 0) is 4.74 Å². The molecule has 4 unspecified atom stereocenters. The quantitative estimate of drug-likeness (QED) is 0.774. The van der Waals surface area contributed by atoms with Gasteiger partial charge >= 0.3 is 0 Å².